The molecule has 2 aromatic carbocycles. The second-order valence-electron chi connectivity index (χ2n) is 6.59. The highest BCUT2D eigenvalue weighted by atomic mass is 16.7. The second-order valence-corrected chi connectivity index (χ2v) is 6.59. The van der Waals surface area contributed by atoms with Crippen LogP contribution in [-0.2, 0) is 0 Å². The molecule has 3 aromatic rings. The van der Waals surface area contributed by atoms with Crippen LogP contribution in [-0.4, -0.2) is 24.1 Å². The molecule has 2 aliphatic heterocycles. The molecule has 3 N–H and O–H groups in total. The van der Waals surface area contributed by atoms with Crippen molar-refractivity contribution < 1.29 is 18.9 Å². The number of aromatic amines is 1. The Morgan fingerprint density at radius 3 is 2.90 bits per heavy atom. The first-order chi connectivity index (χ1) is 14.2. The number of rotatable bonds is 3. The summed E-state index contributed by atoms with van der Waals surface area (Å²) in [5, 5.41) is 17.1. The zero-order valence-electron chi connectivity index (χ0n) is 15.4. The largest absolute Gasteiger partial charge is 0.497 e. The van der Waals surface area contributed by atoms with Crippen molar-refractivity contribution in [2.24, 2.45) is 5.73 Å². The summed E-state index contributed by atoms with van der Waals surface area (Å²) in [6, 6.07) is 15.3. The Hall–Kier alpha value is -4.12. The van der Waals surface area contributed by atoms with Gasteiger partial charge in [-0.2, -0.15) is 5.26 Å². The van der Waals surface area contributed by atoms with Crippen molar-refractivity contribution >= 4 is 0 Å². The van der Waals surface area contributed by atoms with Crippen LogP contribution in [0.25, 0.3) is 11.3 Å². The Labute approximate surface area is 166 Å². The number of nitriles is 1. The highest BCUT2D eigenvalue weighted by molar-refractivity contribution is 5.73. The molecule has 0 bridgehead atoms. The van der Waals surface area contributed by atoms with E-state index in [1.807, 2.05) is 42.5 Å². The molecule has 5 rings (SSSR count). The summed E-state index contributed by atoms with van der Waals surface area (Å²) in [6.45, 7) is 0.188. The molecule has 144 valence electrons. The van der Waals surface area contributed by atoms with Gasteiger partial charge in [-0.25, -0.2) is 0 Å². The summed E-state index contributed by atoms with van der Waals surface area (Å²) >= 11 is 0. The number of nitrogens with two attached hydrogens (primary N) is 1. The van der Waals surface area contributed by atoms with Gasteiger partial charge in [-0.1, -0.05) is 12.1 Å². The van der Waals surface area contributed by atoms with Crippen molar-refractivity contribution in [2.45, 2.75) is 5.92 Å². The third-order valence-corrected chi connectivity index (χ3v) is 5.03. The predicted octanol–water partition coefficient (Wildman–Crippen LogP) is 3.03. The maximum atomic E-state index is 9.80. The normalized spacial score (nSPS) is 16.8. The van der Waals surface area contributed by atoms with E-state index < -0.39 is 5.92 Å². The first-order valence-corrected chi connectivity index (χ1v) is 8.89. The molecular weight excluding hydrogens is 372 g/mol. The Kier molecular flexibility index (Phi) is 3.81. The summed E-state index contributed by atoms with van der Waals surface area (Å²) in [5.74, 6) is 1.93. The maximum absolute atomic E-state index is 9.80. The lowest BCUT2D eigenvalue weighted by atomic mass is 9.83. The third-order valence-electron chi connectivity index (χ3n) is 5.03. The first-order valence-electron chi connectivity index (χ1n) is 8.89. The van der Waals surface area contributed by atoms with Crippen LogP contribution in [0.15, 0.2) is 53.9 Å². The zero-order chi connectivity index (χ0) is 20.0. The predicted molar refractivity (Wildman–Crippen MR) is 102 cm³/mol. The van der Waals surface area contributed by atoms with Gasteiger partial charge >= 0.3 is 0 Å². The van der Waals surface area contributed by atoms with Gasteiger partial charge in [-0.05, 0) is 35.9 Å². The van der Waals surface area contributed by atoms with Crippen molar-refractivity contribution in [3.05, 3.63) is 65.0 Å². The molecule has 8 nitrogen and oxygen atoms in total. The van der Waals surface area contributed by atoms with Crippen LogP contribution in [0.2, 0.25) is 0 Å². The van der Waals surface area contributed by atoms with Crippen LogP contribution >= 0.6 is 0 Å². The topological polar surface area (TPSA) is 115 Å². The number of H-pyrrole nitrogens is 1. The molecule has 0 saturated carbocycles. The Morgan fingerprint density at radius 1 is 1.21 bits per heavy atom. The van der Waals surface area contributed by atoms with E-state index in [9.17, 15) is 5.26 Å². The van der Waals surface area contributed by atoms with Gasteiger partial charge in [0.1, 0.15) is 17.4 Å². The van der Waals surface area contributed by atoms with Crippen LogP contribution in [0.5, 0.6) is 23.1 Å². The van der Waals surface area contributed by atoms with Gasteiger partial charge < -0.3 is 24.7 Å². The van der Waals surface area contributed by atoms with E-state index in [1.54, 1.807) is 7.11 Å². The molecule has 0 amide bonds. The molecule has 0 aliphatic carbocycles. The Balaban J connectivity index is 1.70. The summed E-state index contributed by atoms with van der Waals surface area (Å²) in [4.78, 5) is 0. The molecule has 1 atom stereocenters. The summed E-state index contributed by atoms with van der Waals surface area (Å²) in [6.07, 6.45) is 0. The molecule has 29 heavy (non-hydrogen) atoms. The van der Waals surface area contributed by atoms with E-state index in [4.69, 9.17) is 24.7 Å². The van der Waals surface area contributed by atoms with E-state index in [1.165, 1.54) is 0 Å². The lowest BCUT2D eigenvalue weighted by Gasteiger charge is -2.24. The maximum Gasteiger partial charge on any atom is 0.244 e. The molecule has 1 aromatic heterocycles. The number of allylic oxidation sites excluding steroid dienone is 1. The fourth-order valence-electron chi connectivity index (χ4n) is 3.67. The van der Waals surface area contributed by atoms with E-state index >= 15 is 0 Å². The minimum Gasteiger partial charge on any atom is -0.497 e. The lowest BCUT2D eigenvalue weighted by Crippen LogP contribution is -2.21. The van der Waals surface area contributed by atoms with E-state index in [0.717, 1.165) is 16.7 Å². The monoisotopic (exact) mass is 388 g/mol. The fraction of sp³-hybridized carbons (Fsp3) is 0.143. The number of aromatic nitrogens is 2. The van der Waals surface area contributed by atoms with Gasteiger partial charge in [-0.15, -0.1) is 5.10 Å². The van der Waals surface area contributed by atoms with Crippen molar-refractivity contribution in [3.8, 4) is 40.5 Å². The number of nitrogens with zero attached hydrogens (tertiary/aromatic N) is 2. The molecule has 3 heterocycles. The number of benzene rings is 2. The van der Waals surface area contributed by atoms with Crippen molar-refractivity contribution in [1.82, 2.24) is 10.2 Å². The summed E-state index contributed by atoms with van der Waals surface area (Å²) in [7, 11) is 1.60. The number of nitrogens with one attached hydrogen (secondary N) is 1. The average molecular weight is 388 g/mol. The molecular formula is C21H16N4O4. The standard InChI is InChI=1S/C21H16N4O4/c1-26-13-4-2-3-11(7-13)17-14(9-22)20(23)29-21-18(17)19(24-25-21)12-5-6-15-16(8-12)28-10-27-15/h2-8,17H,10,23H2,1H3,(H,24,25)/t17-/m0/s1. The van der Waals surface area contributed by atoms with E-state index in [2.05, 4.69) is 16.3 Å². The highest BCUT2D eigenvalue weighted by Crippen LogP contribution is 2.47. The number of hydrogen-bond acceptors (Lipinski definition) is 7. The highest BCUT2D eigenvalue weighted by Gasteiger charge is 2.36. The van der Waals surface area contributed by atoms with Gasteiger partial charge in [0, 0.05) is 5.56 Å². The van der Waals surface area contributed by atoms with Gasteiger partial charge in [0.25, 0.3) is 0 Å². The third kappa shape index (κ3) is 2.63. The minimum absolute atomic E-state index is 0.0385. The van der Waals surface area contributed by atoms with Crippen LogP contribution in [0.4, 0.5) is 0 Å². The molecule has 0 fully saturated rings. The smallest absolute Gasteiger partial charge is 0.244 e. The average Bonchev–Trinajstić information content (AvgIpc) is 3.38. The van der Waals surface area contributed by atoms with Gasteiger partial charge in [-0.3, -0.25) is 5.10 Å². The minimum atomic E-state index is -0.460. The van der Waals surface area contributed by atoms with Gasteiger partial charge in [0.2, 0.25) is 18.6 Å². The molecule has 0 radical (unpaired) electrons. The van der Waals surface area contributed by atoms with Crippen molar-refractivity contribution in [1.29, 1.82) is 5.26 Å². The van der Waals surface area contributed by atoms with Crippen molar-refractivity contribution in [2.75, 3.05) is 13.9 Å². The molecule has 0 saturated heterocycles. The Morgan fingerprint density at radius 2 is 2.07 bits per heavy atom. The van der Waals surface area contributed by atoms with Crippen LogP contribution < -0.4 is 24.7 Å². The number of ether oxygens (including phenoxy) is 4. The molecule has 0 unspecified atom stereocenters. The van der Waals surface area contributed by atoms with Crippen LogP contribution in [0, 0.1) is 11.3 Å². The van der Waals surface area contributed by atoms with Gasteiger partial charge in [0.05, 0.1) is 24.3 Å². The SMILES string of the molecule is COc1cccc([C@H]2C(C#N)=C(N)Oc3n[nH]c(-c4ccc5c(c4)OCO5)c32)c1. The summed E-state index contributed by atoms with van der Waals surface area (Å²) < 4.78 is 21.9. The quantitative estimate of drug-likeness (QED) is 0.708. The lowest BCUT2D eigenvalue weighted by molar-refractivity contribution is 0.174. The number of hydrogen-bond donors (Lipinski definition) is 2. The van der Waals surface area contributed by atoms with Crippen molar-refractivity contribution in [3.63, 3.8) is 0 Å². The van der Waals surface area contributed by atoms with Crippen LogP contribution in [0.3, 0.4) is 0 Å². The fourth-order valence-corrected chi connectivity index (χ4v) is 3.67. The van der Waals surface area contributed by atoms with E-state index in [-0.39, 0.29) is 12.7 Å². The van der Waals surface area contributed by atoms with E-state index in [0.29, 0.717) is 34.4 Å². The second kappa shape index (κ2) is 6.49. The van der Waals surface area contributed by atoms with Gasteiger partial charge in [0.15, 0.2) is 11.5 Å². The molecule has 0 spiro atoms. The number of methoxy groups -OCH3 is 1. The molecule has 2 aliphatic rings. The first kappa shape index (κ1) is 17.0. The zero-order valence-corrected chi connectivity index (χ0v) is 15.4. The summed E-state index contributed by atoms with van der Waals surface area (Å²) in [5.41, 5.74) is 9.47. The van der Waals surface area contributed by atoms with Crippen LogP contribution in [0.1, 0.15) is 17.0 Å². The molecule has 8 heteroatoms. The number of fused-ring (bicyclic) bond motifs is 2. The Bertz CT molecular complexity index is 1190.